The molecule has 1 N–H and O–H groups in total. The van der Waals surface area contributed by atoms with E-state index >= 15 is 0 Å². The van der Waals surface area contributed by atoms with Gasteiger partial charge in [-0.1, -0.05) is 12.1 Å². The molecule has 0 amide bonds. The first-order valence-corrected chi connectivity index (χ1v) is 7.72. The summed E-state index contributed by atoms with van der Waals surface area (Å²) in [6, 6.07) is 5.18. The lowest BCUT2D eigenvalue weighted by atomic mass is 10.1. The van der Waals surface area contributed by atoms with E-state index in [2.05, 4.69) is 0 Å². The lowest BCUT2D eigenvalue weighted by Crippen LogP contribution is -2.27. The Morgan fingerprint density at radius 1 is 1.50 bits per heavy atom. The van der Waals surface area contributed by atoms with Crippen LogP contribution in [0.4, 0.5) is 0 Å². The van der Waals surface area contributed by atoms with Crippen molar-refractivity contribution in [3.8, 4) is 5.75 Å². The molecule has 18 heavy (non-hydrogen) atoms. The molecule has 0 aliphatic heterocycles. The average molecular weight is 292 g/mol. The van der Waals surface area contributed by atoms with Crippen LogP contribution in [0, 0.1) is 0 Å². The first kappa shape index (κ1) is 15.0. The van der Waals surface area contributed by atoms with Crippen LogP contribution in [0.25, 0.3) is 0 Å². The summed E-state index contributed by atoms with van der Waals surface area (Å²) in [6.45, 7) is 1.92. The van der Waals surface area contributed by atoms with Gasteiger partial charge in [-0.3, -0.25) is 4.57 Å². The molecule has 5 nitrogen and oxygen atoms in total. The van der Waals surface area contributed by atoms with Crippen molar-refractivity contribution < 1.29 is 19.2 Å². The highest BCUT2D eigenvalue weighted by Gasteiger charge is 2.28. The number of phenols is 1. The van der Waals surface area contributed by atoms with Crippen molar-refractivity contribution >= 4 is 24.5 Å². The predicted octanol–water partition coefficient (Wildman–Crippen LogP) is 2.56. The molecule has 0 spiro atoms. The number of phenolic OH excluding ortho intramolecular Hbond substituents is 1. The maximum atomic E-state index is 11.9. The Bertz CT molecular complexity index is 437. The zero-order valence-corrected chi connectivity index (χ0v) is 11.8. The van der Waals surface area contributed by atoms with E-state index in [1.54, 1.807) is 19.1 Å². The minimum Gasteiger partial charge on any atom is -0.508 e. The minimum atomic E-state index is -2.54. The van der Waals surface area contributed by atoms with E-state index < -0.39 is 19.3 Å². The standard InChI is InChI=1S/C11H15ClNO4P/c1-3-17-11(15)10(13(2)18(12)16)8-4-6-9(14)7-5-8/h4-7,10,14,18H,3H2,1-2H3. The summed E-state index contributed by atoms with van der Waals surface area (Å²) in [5, 5.41) is 9.22. The van der Waals surface area contributed by atoms with Gasteiger partial charge in [0.25, 0.3) is 0 Å². The van der Waals surface area contributed by atoms with E-state index in [0.29, 0.717) is 5.56 Å². The fourth-order valence-corrected chi connectivity index (χ4v) is 2.25. The predicted molar refractivity (Wildman–Crippen MR) is 70.1 cm³/mol. The summed E-state index contributed by atoms with van der Waals surface area (Å²) in [4.78, 5) is 11.9. The van der Waals surface area contributed by atoms with E-state index in [4.69, 9.17) is 16.0 Å². The first-order chi connectivity index (χ1) is 8.47. The highest BCUT2D eigenvalue weighted by atomic mass is 35.7. The second-order valence-electron chi connectivity index (χ2n) is 3.61. The van der Waals surface area contributed by atoms with Gasteiger partial charge in [-0.15, -0.1) is 0 Å². The van der Waals surface area contributed by atoms with Crippen LogP contribution < -0.4 is 0 Å². The number of ether oxygens (including phenoxy) is 1. The van der Waals surface area contributed by atoms with Crippen LogP contribution in [0.2, 0.25) is 0 Å². The Balaban J connectivity index is 3.07. The van der Waals surface area contributed by atoms with Crippen LogP contribution in [-0.4, -0.2) is 29.4 Å². The van der Waals surface area contributed by atoms with Crippen LogP contribution in [0.1, 0.15) is 18.5 Å². The zero-order valence-electron chi connectivity index (χ0n) is 10.1. The van der Waals surface area contributed by atoms with Crippen molar-refractivity contribution in [2.45, 2.75) is 13.0 Å². The van der Waals surface area contributed by atoms with Gasteiger partial charge in [-0.25, -0.2) is 9.46 Å². The number of aromatic hydroxyl groups is 1. The SMILES string of the molecule is CCOC(=O)C(c1ccc(O)cc1)N(C)[PH](=O)Cl. The average Bonchev–Trinajstić information content (AvgIpc) is 2.32. The second kappa shape index (κ2) is 6.78. The summed E-state index contributed by atoms with van der Waals surface area (Å²) < 4.78 is 17.5. The molecule has 100 valence electrons. The zero-order chi connectivity index (χ0) is 13.7. The molecule has 1 rings (SSSR count). The lowest BCUT2D eigenvalue weighted by Gasteiger charge is -2.23. The molecule has 0 aromatic heterocycles. The minimum absolute atomic E-state index is 0.0857. The molecule has 0 bridgehead atoms. The highest BCUT2D eigenvalue weighted by molar-refractivity contribution is 7.71. The number of nitrogens with zero attached hydrogens (tertiary/aromatic N) is 1. The number of rotatable bonds is 5. The van der Waals surface area contributed by atoms with Gasteiger partial charge in [0, 0.05) is 0 Å². The monoisotopic (exact) mass is 291 g/mol. The van der Waals surface area contributed by atoms with E-state index in [0.717, 1.165) is 0 Å². The molecule has 0 radical (unpaired) electrons. The summed E-state index contributed by atoms with van der Waals surface area (Å²) in [7, 11) is -1.05. The quantitative estimate of drug-likeness (QED) is 0.667. The van der Waals surface area contributed by atoms with Crippen molar-refractivity contribution in [3.63, 3.8) is 0 Å². The third-order valence-corrected chi connectivity index (χ3v) is 4.00. The Kier molecular flexibility index (Phi) is 5.66. The largest absolute Gasteiger partial charge is 0.508 e. The maximum absolute atomic E-state index is 11.9. The Morgan fingerprint density at radius 3 is 2.50 bits per heavy atom. The molecule has 1 aromatic carbocycles. The molecular formula is C11H15ClNO4P. The Hall–Kier alpha value is -1.03. The van der Waals surface area contributed by atoms with E-state index in [-0.39, 0.29) is 12.4 Å². The summed E-state index contributed by atoms with van der Waals surface area (Å²) in [5.74, 6) is -0.438. The fourth-order valence-electron chi connectivity index (χ4n) is 1.50. The normalized spacial score (nSPS) is 14.2. The fraction of sp³-hybridized carbons (Fsp3) is 0.364. The molecule has 0 saturated heterocycles. The van der Waals surface area contributed by atoms with Crippen molar-refractivity contribution in [3.05, 3.63) is 29.8 Å². The second-order valence-corrected chi connectivity index (χ2v) is 5.79. The first-order valence-electron chi connectivity index (χ1n) is 5.35. The third-order valence-electron chi connectivity index (χ3n) is 2.38. The van der Waals surface area contributed by atoms with E-state index in [9.17, 15) is 14.5 Å². The molecule has 1 aromatic rings. The molecule has 0 heterocycles. The van der Waals surface area contributed by atoms with Gasteiger partial charge < -0.3 is 9.84 Å². The molecule has 2 atom stereocenters. The molecule has 0 aliphatic carbocycles. The van der Waals surface area contributed by atoms with Gasteiger partial charge in [-0.2, -0.15) is 0 Å². The van der Waals surface area contributed by atoms with Gasteiger partial charge in [0.05, 0.1) is 6.61 Å². The number of carbonyl (C=O) groups is 1. The number of hydrogen-bond donors (Lipinski definition) is 1. The molecule has 2 unspecified atom stereocenters. The van der Waals surface area contributed by atoms with Crippen LogP contribution in [0.15, 0.2) is 24.3 Å². The van der Waals surface area contributed by atoms with Crippen molar-refractivity contribution in [2.24, 2.45) is 0 Å². The number of benzene rings is 1. The summed E-state index contributed by atoms with van der Waals surface area (Å²) in [5.41, 5.74) is 0.563. The van der Waals surface area contributed by atoms with Crippen molar-refractivity contribution in [2.75, 3.05) is 13.7 Å². The molecular weight excluding hydrogens is 277 g/mol. The maximum Gasteiger partial charge on any atom is 0.328 e. The number of esters is 1. The van der Waals surface area contributed by atoms with Crippen LogP contribution in [-0.2, 0) is 14.1 Å². The van der Waals surface area contributed by atoms with Gasteiger partial charge in [0.1, 0.15) is 11.8 Å². The number of likely N-dealkylation sites (N-methyl/N-ethyl adjacent to an activating group) is 1. The van der Waals surface area contributed by atoms with E-state index in [1.807, 2.05) is 0 Å². The van der Waals surface area contributed by atoms with Gasteiger partial charge in [0.15, 0.2) is 0 Å². The Morgan fingerprint density at radius 2 is 2.06 bits per heavy atom. The van der Waals surface area contributed by atoms with Crippen LogP contribution in [0.3, 0.4) is 0 Å². The molecule has 7 heteroatoms. The van der Waals surface area contributed by atoms with Crippen molar-refractivity contribution in [1.29, 1.82) is 0 Å². The van der Waals surface area contributed by atoms with Gasteiger partial charge >= 0.3 is 5.97 Å². The molecule has 0 aliphatic rings. The molecule has 0 fully saturated rings. The van der Waals surface area contributed by atoms with Crippen LogP contribution >= 0.6 is 18.5 Å². The highest BCUT2D eigenvalue weighted by Crippen LogP contribution is 2.39. The van der Waals surface area contributed by atoms with Gasteiger partial charge in [0.2, 0.25) is 7.30 Å². The van der Waals surface area contributed by atoms with E-state index in [1.165, 1.54) is 23.9 Å². The number of hydrogen-bond acceptors (Lipinski definition) is 4. The van der Waals surface area contributed by atoms with Crippen molar-refractivity contribution in [1.82, 2.24) is 4.67 Å². The summed E-state index contributed by atoms with van der Waals surface area (Å²) in [6.07, 6.45) is 0. The smallest absolute Gasteiger partial charge is 0.328 e. The molecule has 0 saturated carbocycles. The third kappa shape index (κ3) is 3.73. The summed E-state index contributed by atoms with van der Waals surface area (Å²) >= 11 is 5.56. The van der Waals surface area contributed by atoms with Gasteiger partial charge in [-0.05, 0) is 42.9 Å². The number of carbonyl (C=O) groups excluding carboxylic acids is 1. The Labute approximate surface area is 111 Å². The van der Waals surface area contributed by atoms with Crippen LogP contribution in [0.5, 0.6) is 5.75 Å². The number of halogens is 1. The topological polar surface area (TPSA) is 66.8 Å². The lowest BCUT2D eigenvalue weighted by molar-refractivity contribution is -0.147.